The number of anilines is 1. The third-order valence-electron chi connectivity index (χ3n) is 2.07. The predicted molar refractivity (Wildman–Crippen MR) is 56.7 cm³/mol. The lowest BCUT2D eigenvalue weighted by atomic mass is 10.1. The summed E-state index contributed by atoms with van der Waals surface area (Å²) < 4.78 is 5.16. The summed E-state index contributed by atoms with van der Waals surface area (Å²) in [4.78, 5) is 0. The Labute approximate surface area is 86.5 Å². The van der Waals surface area contributed by atoms with Gasteiger partial charge in [0.25, 0.3) is 0 Å². The smallest absolute Gasteiger partial charge is 0.145 e. The van der Waals surface area contributed by atoms with E-state index in [-0.39, 0.29) is 5.75 Å². The number of nitrogens with two attached hydrogens (primary N) is 1. The van der Waals surface area contributed by atoms with E-state index in [9.17, 15) is 5.11 Å². The van der Waals surface area contributed by atoms with Crippen molar-refractivity contribution in [3.63, 3.8) is 0 Å². The largest absolute Gasteiger partial charge is 0.508 e. The maximum Gasteiger partial charge on any atom is 0.145 e. The molecule has 0 bridgehead atoms. The summed E-state index contributed by atoms with van der Waals surface area (Å²) in [7, 11) is 1.57. The fourth-order valence-electron chi connectivity index (χ4n) is 1.38. The normalized spacial score (nSPS) is 10.2. The molecular formula is C10H11N3O2. The van der Waals surface area contributed by atoms with Crippen molar-refractivity contribution < 1.29 is 9.84 Å². The third-order valence-corrected chi connectivity index (χ3v) is 2.07. The molecule has 1 heterocycles. The van der Waals surface area contributed by atoms with Gasteiger partial charge in [-0.05, 0) is 18.2 Å². The number of hydrogen-bond donors (Lipinski definition) is 3. The minimum absolute atomic E-state index is 0.166. The number of nitrogens with one attached hydrogen (secondary N) is 1. The first-order valence-electron chi connectivity index (χ1n) is 4.39. The SMILES string of the molecule is COc1ccc(O)cc1-c1cc(N)n[nH]1. The molecule has 0 saturated heterocycles. The Hall–Kier alpha value is -2.17. The van der Waals surface area contributed by atoms with Gasteiger partial charge in [0, 0.05) is 11.6 Å². The highest BCUT2D eigenvalue weighted by Crippen LogP contribution is 2.32. The van der Waals surface area contributed by atoms with Crippen molar-refractivity contribution in [1.29, 1.82) is 0 Å². The lowest BCUT2D eigenvalue weighted by Gasteiger charge is -2.06. The van der Waals surface area contributed by atoms with Gasteiger partial charge in [0.1, 0.15) is 17.3 Å². The van der Waals surface area contributed by atoms with E-state index in [1.54, 1.807) is 31.4 Å². The molecule has 5 nitrogen and oxygen atoms in total. The number of nitrogens with zero attached hydrogens (tertiary/aromatic N) is 1. The number of benzene rings is 1. The predicted octanol–water partition coefficient (Wildman–Crippen LogP) is 1.37. The number of hydrogen-bond acceptors (Lipinski definition) is 4. The lowest BCUT2D eigenvalue weighted by molar-refractivity contribution is 0.414. The summed E-state index contributed by atoms with van der Waals surface area (Å²) in [6, 6.07) is 6.51. The lowest BCUT2D eigenvalue weighted by Crippen LogP contribution is -1.87. The zero-order valence-electron chi connectivity index (χ0n) is 8.19. The average molecular weight is 205 g/mol. The Morgan fingerprint density at radius 2 is 2.20 bits per heavy atom. The van der Waals surface area contributed by atoms with Crippen LogP contribution in [0.3, 0.4) is 0 Å². The third kappa shape index (κ3) is 1.71. The van der Waals surface area contributed by atoms with Gasteiger partial charge < -0.3 is 15.6 Å². The molecule has 0 atom stereocenters. The van der Waals surface area contributed by atoms with Gasteiger partial charge in [-0.15, -0.1) is 0 Å². The van der Waals surface area contributed by atoms with Gasteiger partial charge in [-0.25, -0.2) is 0 Å². The number of phenolic OH excluding ortho intramolecular Hbond substituents is 1. The van der Waals surface area contributed by atoms with Crippen LogP contribution in [0.25, 0.3) is 11.3 Å². The molecule has 2 rings (SSSR count). The van der Waals surface area contributed by atoms with Crippen LogP contribution in [0.5, 0.6) is 11.5 Å². The number of aromatic hydroxyl groups is 1. The van der Waals surface area contributed by atoms with Gasteiger partial charge in [0.15, 0.2) is 0 Å². The molecule has 4 N–H and O–H groups in total. The Bertz CT molecular complexity index is 479. The average Bonchev–Trinajstić information content (AvgIpc) is 2.65. The molecule has 0 fully saturated rings. The Kier molecular flexibility index (Phi) is 2.21. The molecule has 15 heavy (non-hydrogen) atoms. The monoisotopic (exact) mass is 205 g/mol. The van der Waals surface area contributed by atoms with E-state index in [1.807, 2.05) is 0 Å². The number of aromatic amines is 1. The minimum Gasteiger partial charge on any atom is -0.508 e. The summed E-state index contributed by atoms with van der Waals surface area (Å²) in [5, 5.41) is 16.0. The Balaban J connectivity index is 2.55. The minimum atomic E-state index is 0.166. The molecule has 0 radical (unpaired) electrons. The molecule has 0 unspecified atom stereocenters. The number of nitrogen functional groups attached to an aromatic ring is 1. The number of aromatic nitrogens is 2. The number of ether oxygens (including phenoxy) is 1. The van der Waals surface area contributed by atoms with Crippen molar-refractivity contribution in [2.24, 2.45) is 0 Å². The van der Waals surface area contributed by atoms with Gasteiger partial charge >= 0.3 is 0 Å². The second-order valence-electron chi connectivity index (χ2n) is 3.09. The maximum absolute atomic E-state index is 9.38. The molecule has 0 aliphatic heterocycles. The van der Waals surface area contributed by atoms with Gasteiger partial charge in [-0.3, -0.25) is 5.10 Å². The molecule has 1 aromatic heterocycles. The molecule has 1 aromatic carbocycles. The highest BCUT2D eigenvalue weighted by atomic mass is 16.5. The fourth-order valence-corrected chi connectivity index (χ4v) is 1.38. The Morgan fingerprint density at radius 1 is 1.40 bits per heavy atom. The second kappa shape index (κ2) is 3.53. The summed E-state index contributed by atoms with van der Waals surface area (Å²) in [5.41, 5.74) is 6.93. The van der Waals surface area contributed by atoms with Crippen molar-refractivity contribution in [1.82, 2.24) is 10.2 Å². The fraction of sp³-hybridized carbons (Fsp3) is 0.100. The topological polar surface area (TPSA) is 84.2 Å². The van der Waals surface area contributed by atoms with Crippen LogP contribution >= 0.6 is 0 Å². The van der Waals surface area contributed by atoms with Crippen molar-refractivity contribution >= 4 is 5.82 Å². The number of H-pyrrole nitrogens is 1. The summed E-state index contributed by atoms with van der Waals surface area (Å²) in [5.74, 6) is 1.21. The van der Waals surface area contributed by atoms with Gasteiger partial charge in [-0.2, -0.15) is 5.10 Å². The van der Waals surface area contributed by atoms with Crippen LogP contribution in [-0.2, 0) is 0 Å². The van der Waals surface area contributed by atoms with Gasteiger partial charge in [0.2, 0.25) is 0 Å². The number of rotatable bonds is 2. The number of methoxy groups -OCH3 is 1. The first-order chi connectivity index (χ1) is 7.20. The van der Waals surface area contributed by atoms with E-state index in [1.165, 1.54) is 0 Å². The van der Waals surface area contributed by atoms with E-state index >= 15 is 0 Å². The second-order valence-corrected chi connectivity index (χ2v) is 3.09. The summed E-state index contributed by atoms with van der Waals surface area (Å²) >= 11 is 0. The Morgan fingerprint density at radius 3 is 2.80 bits per heavy atom. The molecule has 0 aliphatic rings. The van der Waals surface area contributed by atoms with Crippen LogP contribution in [0, 0.1) is 0 Å². The van der Waals surface area contributed by atoms with Crippen molar-refractivity contribution in [3.8, 4) is 22.8 Å². The standard InChI is InChI=1S/C10H11N3O2/c1-15-9-3-2-6(14)4-7(9)8-5-10(11)13-12-8/h2-5,14H,1H3,(H3,11,12,13). The van der Waals surface area contributed by atoms with Crippen LogP contribution in [-0.4, -0.2) is 22.4 Å². The molecule has 0 spiro atoms. The van der Waals surface area contributed by atoms with Gasteiger partial charge in [0.05, 0.1) is 12.8 Å². The molecule has 78 valence electrons. The van der Waals surface area contributed by atoms with E-state index in [0.29, 0.717) is 17.3 Å². The molecule has 0 aliphatic carbocycles. The van der Waals surface area contributed by atoms with Crippen LogP contribution in [0.1, 0.15) is 0 Å². The highest BCUT2D eigenvalue weighted by Gasteiger charge is 2.08. The van der Waals surface area contributed by atoms with Crippen LogP contribution in [0.4, 0.5) is 5.82 Å². The van der Waals surface area contributed by atoms with Crippen LogP contribution in [0.15, 0.2) is 24.3 Å². The summed E-state index contributed by atoms with van der Waals surface area (Å²) in [6.07, 6.45) is 0. The van der Waals surface area contributed by atoms with Crippen LogP contribution < -0.4 is 10.5 Å². The van der Waals surface area contributed by atoms with Crippen molar-refractivity contribution in [2.75, 3.05) is 12.8 Å². The first kappa shape index (κ1) is 9.39. The summed E-state index contributed by atoms with van der Waals surface area (Å²) in [6.45, 7) is 0. The van der Waals surface area contributed by atoms with E-state index in [4.69, 9.17) is 10.5 Å². The first-order valence-corrected chi connectivity index (χ1v) is 4.39. The zero-order valence-corrected chi connectivity index (χ0v) is 8.19. The van der Waals surface area contributed by atoms with Crippen molar-refractivity contribution in [3.05, 3.63) is 24.3 Å². The molecule has 5 heteroatoms. The van der Waals surface area contributed by atoms with E-state index in [0.717, 1.165) is 5.56 Å². The zero-order chi connectivity index (χ0) is 10.8. The highest BCUT2D eigenvalue weighted by molar-refractivity contribution is 5.70. The van der Waals surface area contributed by atoms with E-state index < -0.39 is 0 Å². The van der Waals surface area contributed by atoms with Crippen molar-refractivity contribution in [2.45, 2.75) is 0 Å². The molecule has 0 saturated carbocycles. The van der Waals surface area contributed by atoms with Crippen LogP contribution in [0.2, 0.25) is 0 Å². The molecule has 0 amide bonds. The quantitative estimate of drug-likeness (QED) is 0.691. The molecule has 2 aromatic rings. The molecular weight excluding hydrogens is 194 g/mol. The number of phenols is 1. The van der Waals surface area contributed by atoms with E-state index in [2.05, 4.69) is 10.2 Å². The van der Waals surface area contributed by atoms with Gasteiger partial charge in [-0.1, -0.05) is 0 Å². The maximum atomic E-state index is 9.38.